The second-order valence-corrected chi connectivity index (χ2v) is 4.82. The van der Waals surface area contributed by atoms with Crippen molar-refractivity contribution in [2.75, 3.05) is 5.73 Å². The molecule has 0 atom stereocenters. The van der Waals surface area contributed by atoms with Crippen molar-refractivity contribution in [2.24, 2.45) is 0 Å². The lowest BCUT2D eigenvalue weighted by Crippen LogP contribution is -1.99. The van der Waals surface area contributed by atoms with Gasteiger partial charge in [0.1, 0.15) is 0 Å². The van der Waals surface area contributed by atoms with E-state index in [9.17, 15) is 0 Å². The molecule has 0 aliphatic rings. The molecule has 0 amide bonds. The van der Waals surface area contributed by atoms with Crippen LogP contribution in [0.5, 0.6) is 0 Å². The van der Waals surface area contributed by atoms with E-state index in [-0.39, 0.29) is 0 Å². The molecule has 2 rings (SSSR count). The van der Waals surface area contributed by atoms with Crippen LogP contribution in [0.15, 0.2) is 29.0 Å². The summed E-state index contributed by atoms with van der Waals surface area (Å²) in [5.74, 6) is 1.08. The van der Waals surface area contributed by atoms with E-state index in [4.69, 9.17) is 5.73 Å². The first-order valence-corrected chi connectivity index (χ1v) is 5.84. The van der Waals surface area contributed by atoms with Crippen LogP contribution in [0, 0.1) is 0 Å². The Labute approximate surface area is 103 Å². The molecule has 2 aromatic rings. The summed E-state index contributed by atoms with van der Waals surface area (Å²) in [6.07, 6.45) is 3.54. The fraction of sp³-hybridized carbons (Fsp3) is 0.273. The third-order valence-electron chi connectivity index (χ3n) is 2.27. The summed E-state index contributed by atoms with van der Waals surface area (Å²) in [7, 11) is 0. The zero-order chi connectivity index (χ0) is 11.7. The summed E-state index contributed by atoms with van der Waals surface area (Å²) in [6, 6.07) is 3.82. The van der Waals surface area contributed by atoms with Gasteiger partial charge in [-0.05, 0) is 34.0 Å². The smallest absolute Gasteiger partial charge is 0.153 e. The summed E-state index contributed by atoms with van der Waals surface area (Å²) in [5.41, 5.74) is 7.50. The monoisotopic (exact) mass is 280 g/mol. The summed E-state index contributed by atoms with van der Waals surface area (Å²) in [5, 5.41) is 4.42. The highest BCUT2D eigenvalue weighted by atomic mass is 79.9. The van der Waals surface area contributed by atoms with Crippen LogP contribution in [0.25, 0.3) is 5.82 Å². The molecule has 2 heterocycles. The van der Waals surface area contributed by atoms with Crippen molar-refractivity contribution in [3.8, 4) is 5.82 Å². The SMILES string of the molecule is CC(C)c1nn(-c2ccc(Br)cn2)cc1N. The van der Waals surface area contributed by atoms with Gasteiger partial charge in [0.15, 0.2) is 5.82 Å². The molecule has 0 saturated heterocycles. The van der Waals surface area contributed by atoms with Crippen LogP contribution >= 0.6 is 15.9 Å². The first-order valence-electron chi connectivity index (χ1n) is 5.05. The molecule has 84 valence electrons. The standard InChI is InChI=1S/C11H13BrN4/c1-7(2)11-9(13)6-16(15-11)10-4-3-8(12)5-14-10/h3-7H,13H2,1-2H3. The minimum atomic E-state index is 0.316. The number of aromatic nitrogens is 3. The number of rotatable bonds is 2. The normalized spacial score (nSPS) is 11.0. The highest BCUT2D eigenvalue weighted by Gasteiger charge is 2.10. The third-order valence-corrected chi connectivity index (χ3v) is 2.74. The van der Waals surface area contributed by atoms with Gasteiger partial charge in [0, 0.05) is 10.7 Å². The summed E-state index contributed by atoms with van der Waals surface area (Å²) in [6.45, 7) is 4.14. The zero-order valence-electron chi connectivity index (χ0n) is 9.18. The Bertz CT molecular complexity index is 487. The minimum absolute atomic E-state index is 0.316. The number of hydrogen-bond acceptors (Lipinski definition) is 3. The quantitative estimate of drug-likeness (QED) is 0.920. The molecule has 0 saturated carbocycles. The van der Waals surface area contributed by atoms with Crippen LogP contribution in [0.4, 0.5) is 5.69 Å². The molecule has 0 bridgehead atoms. The van der Waals surface area contributed by atoms with Crippen LogP contribution < -0.4 is 5.73 Å². The fourth-order valence-electron chi connectivity index (χ4n) is 1.47. The molecule has 0 radical (unpaired) electrons. The summed E-state index contributed by atoms with van der Waals surface area (Å²) < 4.78 is 2.65. The van der Waals surface area contributed by atoms with Crippen molar-refractivity contribution in [3.63, 3.8) is 0 Å². The summed E-state index contributed by atoms with van der Waals surface area (Å²) >= 11 is 3.34. The lowest BCUT2D eigenvalue weighted by molar-refractivity contribution is 0.758. The van der Waals surface area contributed by atoms with E-state index < -0.39 is 0 Å². The van der Waals surface area contributed by atoms with Gasteiger partial charge in [0.25, 0.3) is 0 Å². The van der Waals surface area contributed by atoms with Crippen molar-refractivity contribution >= 4 is 21.6 Å². The maximum absolute atomic E-state index is 5.89. The van der Waals surface area contributed by atoms with E-state index in [1.165, 1.54) is 0 Å². The molecule has 0 aliphatic carbocycles. The Hall–Kier alpha value is -1.36. The second kappa shape index (κ2) is 4.25. The largest absolute Gasteiger partial charge is 0.396 e. The van der Waals surface area contributed by atoms with E-state index in [1.54, 1.807) is 17.1 Å². The van der Waals surface area contributed by atoms with Crippen LogP contribution in [0.3, 0.4) is 0 Å². The molecule has 0 spiro atoms. The van der Waals surface area contributed by atoms with Gasteiger partial charge >= 0.3 is 0 Å². The number of nitrogens with two attached hydrogens (primary N) is 1. The van der Waals surface area contributed by atoms with Gasteiger partial charge in [0.05, 0.1) is 17.6 Å². The molecule has 0 aromatic carbocycles. The minimum Gasteiger partial charge on any atom is -0.396 e. The van der Waals surface area contributed by atoms with Crippen molar-refractivity contribution in [3.05, 3.63) is 34.7 Å². The average Bonchev–Trinajstić information content (AvgIpc) is 2.61. The Morgan fingerprint density at radius 2 is 2.12 bits per heavy atom. The number of halogens is 1. The van der Waals surface area contributed by atoms with Gasteiger partial charge in [-0.1, -0.05) is 13.8 Å². The number of hydrogen-bond donors (Lipinski definition) is 1. The molecule has 16 heavy (non-hydrogen) atoms. The first-order chi connectivity index (χ1) is 7.58. The average molecular weight is 281 g/mol. The van der Waals surface area contributed by atoms with Gasteiger partial charge in [-0.25, -0.2) is 9.67 Å². The molecule has 0 fully saturated rings. The lowest BCUT2D eigenvalue weighted by atomic mass is 10.1. The molecule has 2 N–H and O–H groups in total. The lowest BCUT2D eigenvalue weighted by Gasteiger charge is -2.01. The van der Waals surface area contributed by atoms with Crippen LogP contribution in [0.1, 0.15) is 25.5 Å². The van der Waals surface area contributed by atoms with E-state index >= 15 is 0 Å². The molecular formula is C11H13BrN4. The fourth-order valence-corrected chi connectivity index (χ4v) is 1.70. The van der Waals surface area contributed by atoms with Crippen LogP contribution in [-0.4, -0.2) is 14.8 Å². The van der Waals surface area contributed by atoms with Crippen molar-refractivity contribution in [2.45, 2.75) is 19.8 Å². The van der Waals surface area contributed by atoms with Crippen molar-refractivity contribution in [1.82, 2.24) is 14.8 Å². The maximum Gasteiger partial charge on any atom is 0.153 e. The Kier molecular flexibility index (Phi) is 2.96. The van der Waals surface area contributed by atoms with Crippen molar-refractivity contribution < 1.29 is 0 Å². The van der Waals surface area contributed by atoms with Crippen molar-refractivity contribution in [1.29, 1.82) is 0 Å². The van der Waals surface area contributed by atoms with E-state index in [2.05, 4.69) is 39.9 Å². The molecule has 0 unspecified atom stereocenters. The molecule has 4 nitrogen and oxygen atoms in total. The molecule has 0 aliphatic heterocycles. The van der Waals surface area contributed by atoms with Gasteiger partial charge in [0.2, 0.25) is 0 Å². The highest BCUT2D eigenvalue weighted by Crippen LogP contribution is 2.21. The van der Waals surface area contributed by atoms with Crippen LogP contribution in [0.2, 0.25) is 0 Å². The number of nitrogens with zero attached hydrogens (tertiary/aromatic N) is 3. The molecular weight excluding hydrogens is 268 g/mol. The highest BCUT2D eigenvalue weighted by molar-refractivity contribution is 9.10. The van der Waals surface area contributed by atoms with Crippen LogP contribution in [-0.2, 0) is 0 Å². The van der Waals surface area contributed by atoms with E-state index in [0.29, 0.717) is 11.6 Å². The van der Waals surface area contributed by atoms with E-state index in [1.807, 2.05) is 12.1 Å². The second-order valence-electron chi connectivity index (χ2n) is 3.90. The Morgan fingerprint density at radius 1 is 1.38 bits per heavy atom. The van der Waals surface area contributed by atoms with Gasteiger partial charge in [-0.15, -0.1) is 0 Å². The Balaban J connectivity index is 2.41. The van der Waals surface area contributed by atoms with Gasteiger partial charge in [-0.2, -0.15) is 5.10 Å². The first kappa shape index (κ1) is 11.1. The van der Waals surface area contributed by atoms with Gasteiger partial charge < -0.3 is 5.73 Å². The summed E-state index contributed by atoms with van der Waals surface area (Å²) in [4.78, 5) is 4.26. The third kappa shape index (κ3) is 2.09. The number of anilines is 1. The molecule has 5 heteroatoms. The predicted molar refractivity (Wildman–Crippen MR) is 67.6 cm³/mol. The predicted octanol–water partition coefficient (Wildman–Crippen LogP) is 2.74. The topological polar surface area (TPSA) is 56.7 Å². The number of pyridine rings is 1. The zero-order valence-corrected chi connectivity index (χ0v) is 10.8. The van der Waals surface area contributed by atoms with E-state index in [0.717, 1.165) is 16.0 Å². The number of nitrogen functional groups attached to an aromatic ring is 1. The Morgan fingerprint density at radius 3 is 2.62 bits per heavy atom. The molecule has 2 aromatic heterocycles. The maximum atomic E-state index is 5.89. The van der Waals surface area contributed by atoms with Gasteiger partial charge in [-0.3, -0.25) is 0 Å².